The van der Waals surface area contributed by atoms with E-state index in [1.165, 1.54) is 0 Å². The molecule has 29 heavy (non-hydrogen) atoms. The van der Waals surface area contributed by atoms with Gasteiger partial charge in [0.05, 0.1) is 20.0 Å². The molecule has 0 aromatic heterocycles. The Morgan fingerprint density at radius 3 is 2.24 bits per heavy atom. The molecular weight excluding hydrogens is 469 g/mol. The summed E-state index contributed by atoms with van der Waals surface area (Å²) in [5.41, 5.74) is 1.03. The van der Waals surface area contributed by atoms with Crippen LogP contribution in [-0.2, 0) is 10.0 Å². The lowest BCUT2D eigenvalue weighted by Gasteiger charge is -2.18. The predicted octanol–water partition coefficient (Wildman–Crippen LogP) is 7.36. The average Bonchev–Trinajstić information content (AvgIpc) is 2.67. The Hall–Kier alpha value is -0.430. The van der Waals surface area contributed by atoms with Crippen LogP contribution in [0, 0.1) is 6.92 Å². The molecule has 0 saturated carbocycles. The summed E-state index contributed by atoms with van der Waals surface area (Å²) in [4.78, 5) is 1.20. The summed E-state index contributed by atoms with van der Waals surface area (Å²) >= 11 is 20.2. The molecule has 0 radical (unpaired) electrons. The maximum atomic E-state index is 12.4. The van der Waals surface area contributed by atoms with Crippen molar-refractivity contribution in [3.8, 4) is 0 Å². The van der Waals surface area contributed by atoms with Crippen molar-refractivity contribution in [2.24, 2.45) is 0 Å². The van der Waals surface area contributed by atoms with E-state index in [9.17, 15) is 8.42 Å². The number of hydrogen-bond acceptors (Lipinski definition) is 3. The van der Waals surface area contributed by atoms with Crippen LogP contribution in [0.25, 0.3) is 0 Å². The first-order chi connectivity index (χ1) is 13.7. The SMILES string of the molecule is CCCCC(CCCNS(=O)(=O)c1ccc(C)cc1)Sc1cc(Cl)c(Cl)cc1Cl. The number of unbranched alkanes of at least 4 members (excludes halogenated alkanes) is 1. The summed E-state index contributed by atoms with van der Waals surface area (Å²) < 4.78 is 27.5. The summed E-state index contributed by atoms with van der Waals surface area (Å²) in [5.74, 6) is 0. The maximum absolute atomic E-state index is 12.4. The van der Waals surface area contributed by atoms with Gasteiger partial charge in [0.25, 0.3) is 0 Å². The monoisotopic (exact) mass is 493 g/mol. The van der Waals surface area contributed by atoms with Gasteiger partial charge in [-0.05, 0) is 50.5 Å². The molecule has 0 aliphatic heterocycles. The molecule has 0 aliphatic rings. The molecule has 2 rings (SSSR count). The molecule has 0 saturated heterocycles. The zero-order valence-electron chi connectivity index (χ0n) is 16.6. The highest BCUT2D eigenvalue weighted by atomic mass is 35.5. The second-order valence-corrected chi connectivity index (χ2v) is 11.3. The smallest absolute Gasteiger partial charge is 0.211 e. The van der Waals surface area contributed by atoms with E-state index in [0.717, 1.165) is 42.6 Å². The van der Waals surface area contributed by atoms with E-state index in [0.29, 0.717) is 31.8 Å². The van der Waals surface area contributed by atoms with Crippen molar-refractivity contribution in [3.63, 3.8) is 0 Å². The van der Waals surface area contributed by atoms with Crippen molar-refractivity contribution in [1.82, 2.24) is 4.72 Å². The van der Waals surface area contributed by atoms with Crippen molar-refractivity contribution in [2.75, 3.05) is 6.54 Å². The van der Waals surface area contributed by atoms with Crippen LogP contribution in [0.2, 0.25) is 15.1 Å². The largest absolute Gasteiger partial charge is 0.240 e. The normalized spacial score (nSPS) is 12.9. The molecule has 2 aromatic carbocycles. The van der Waals surface area contributed by atoms with Gasteiger partial charge in [0, 0.05) is 16.7 Å². The molecule has 160 valence electrons. The molecule has 1 atom stereocenters. The minimum Gasteiger partial charge on any atom is -0.211 e. The minimum atomic E-state index is -3.48. The Kier molecular flexibility index (Phi) is 10.1. The molecule has 2 aromatic rings. The number of aryl methyl sites for hydroxylation is 1. The third kappa shape index (κ3) is 7.97. The van der Waals surface area contributed by atoms with Gasteiger partial charge in [-0.2, -0.15) is 0 Å². The average molecular weight is 495 g/mol. The Bertz CT molecular complexity index is 903. The summed E-state index contributed by atoms with van der Waals surface area (Å²) in [6.07, 6.45) is 4.85. The van der Waals surface area contributed by atoms with E-state index < -0.39 is 10.0 Å². The third-order valence-corrected chi connectivity index (χ3v) is 8.49. The van der Waals surface area contributed by atoms with E-state index >= 15 is 0 Å². The second-order valence-electron chi connectivity index (χ2n) is 6.93. The third-order valence-electron chi connectivity index (χ3n) is 4.47. The van der Waals surface area contributed by atoms with Gasteiger partial charge in [-0.3, -0.25) is 0 Å². The van der Waals surface area contributed by atoms with Gasteiger partial charge in [-0.1, -0.05) is 72.3 Å². The Labute approximate surface area is 193 Å². The van der Waals surface area contributed by atoms with E-state index in [2.05, 4.69) is 11.6 Å². The first-order valence-corrected chi connectivity index (χ1v) is 13.1. The number of hydrogen-bond donors (Lipinski definition) is 1. The van der Waals surface area contributed by atoms with E-state index in [1.807, 2.05) is 6.92 Å². The lowest BCUT2D eigenvalue weighted by atomic mass is 10.1. The van der Waals surface area contributed by atoms with E-state index in [-0.39, 0.29) is 0 Å². The van der Waals surface area contributed by atoms with Crippen LogP contribution >= 0.6 is 46.6 Å². The van der Waals surface area contributed by atoms with Crippen molar-refractivity contribution in [1.29, 1.82) is 0 Å². The number of benzene rings is 2. The molecule has 0 fully saturated rings. The van der Waals surface area contributed by atoms with Gasteiger partial charge >= 0.3 is 0 Å². The molecule has 0 amide bonds. The molecule has 1 N–H and O–H groups in total. The van der Waals surface area contributed by atoms with Gasteiger partial charge in [0.1, 0.15) is 0 Å². The van der Waals surface area contributed by atoms with Crippen LogP contribution in [0.5, 0.6) is 0 Å². The minimum absolute atomic E-state index is 0.294. The molecule has 0 spiro atoms. The van der Waals surface area contributed by atoms with E-state index in [4.69, 9.17) is 34.8 Å². The van der Waals surface area contributed by atoms with Crippen molar-refractivity contribution >= 4 is 56.6 Å². The zero-order valence-corrected chi connectivity index (χ0v) is 20.5. The number of nitrogens with one attached hydrogen (secondary N) is 1. The number of rotatable bonds is 11. The van der Waals surface area contributed by atoms with Crippen molar-refractivity contribution in [2.45, 2.75) is 61.0 Å². The maximum Gasteiger partial charge on any atom is 0.240 e. The summed E-state index contributed by atoms with van der Waals surface area (Å²) in [7, 11) is -3.48. The van der Waals surface area contributed by atoms with Crippen LogP contribution in [0.3, 0.4) is 0 Å². The van der Waals surface area contributed by atoms with Crippen molar-refractivity contribution in [3.05, 3.63) is 57.0 Å². The zero-order chi connectivity index (χ0) is 21.4. The lowest BCUT2D eigenvalue weighted by Crippen LogP contribution is -2.25. The van der Waals surface area contributed by atoms with Crippen molar-refractivity contribution < 1.29 is 8.42 Å². The quantitative estimate of drug-likeness (QED) is 0.201. The molecule has 8 heteroatoms. The summed E-state index contributed by atoms with van der Waals surface area (Å²) in [6, 6.07) is 10.3. The second kappa shape index (κ2) is 11.8. The predicted molar refractivity (Wildman–Crippen MR) is 126 cm³/mol. The van der Waals surface area contributed by atoms with Crippen LogP contribution in [0.15, 0.2) is 46.2 Å². The van der Waals surface area contributed by atoms with Crippen LogP contribution in [-0.4, -0.2) is 20.2 Å². The Balaban J connectivity index is 1.93. The molecule has 0 bridgehead atoms. The van der Waals surface area contributed by atoms with Crippen LogP contribution in [0.4, 0.5) is 0 Å². The fraction of sp³-hybridized carbons (Fsp3) is 0.429. The molecule has 3 nitrogen and oxygen atoms in total. The number of sulfonamides is 1. The molecular formula is C21H26Cl3NO2S2. The van der Waals surface area contributed by atoms with E-state index in [1.54, 1.807) is 48.2 Å². The highest BCUT2D eigenvalue weighted by Gasteiger charge is 2.16. The molecule has 0 aliphatic carbocycles. The topological polar surface area (TPSA) is 46.2 Å². The molecule has 0 heterocycles. The Morgan fingerprint density at radius 2 is 1.59 bits per heavy atom. The van der Waals surface area contributed by atoms with Crippen LogP contribution in [0.1, 0.15) is 44.6 Å². The lowest BCUT2D eigenvalue weighted by molar-refractivity contribution is 0.570. The fourth-order valence-corrected chi connectivity index (χ4v) is 5.91. The number of halogens is 3. The number of thioether (sulfide) groups is 1. The van der Waals surface area contributed by atoms with Gasteiger partial charge in [0.15, 0.2) is 0 Å². The molecule has 1 unspecified atom stereocenters. The Morgan fingerprint density at radius 1 is 0.966 bits per heavy atom. The van der Waals surface area contributed by atoms with Gasteiger partial charge in [0.2, 0.25) is 10.0 Å². The first-order valence-electron chi connectivity index (χ1n) is 9.60. The summed E-state index contributed by atoms with van der Waals surface area (Å²) in [5, 5.41) is 1.84. The highest BCUT2D eigenvalue weighted by molar-refractivity contribution is 8.00. The van der Waals surface area contributed by atoms with Gasteiger partial charge in [-0.15, -0.1) is 11.8 Å². The van der Waals surface area contributed by atoms with Gasteiger partial charge in [-0.25, -0.2) is 13.1 Å². The van der Waals surface area contributed by atoms with Crippen LogP contribution < -0.4 is 4.72 Å². The van der Waals surface area contributed by atoms with Gasteiger partial charge < -0.3 is 0 Å². The summed E-state index contributed by atoms with van der Waals surface area (Å²) in [6.45, 7) is 4.48. The standard InChI is InChI=1S/C21H26Cl3NO2S2/c1-3-4-6-16(28-21-14-19(23)18(22)13-20(21)24)7-5-12-25-29(26,27)17-10-8-15(2)9-11-17/h8-11,13-14,16,25H,3-7,12H2,1-2H3. The fourth-order valence-electron chi connectivity index (χ4n) is 2.81. The first kappa shape index (κ1) is 24.8. The highest BCUT2D eigenvalue weighted by Crippen LogP contribution is 2.38.